The second kappa shape index (κ2) is 7.99. The second-order valence-electron chi connectivity index (χ2n) is 5.53. The zero-order valence-corrected chi connectivity index (χ0v) is 13.2. The number of methoxy groups -OCH3 is 1. The van der Waals surface area contributed by atoms with Crippen LogP contribution in [-0.4, -0.2) is 31.2 Å². The van der Waals surface area contributed by atoms with Crippen LogP contribution in [0.3, 0.4) is 0 Å². The molecule has 0 aliphatic carbocycles. The Labute approximate surface area is 133 Å². The van der Waals surface area contributed by atoms with Crippen LogP contribution in [0.4, 0.5) is 13.2 Å². The van der Waals surface area contributed by atoms with Crippen molar-refractivity contribution in [1.82, 2.24) is 5.32 Å². The van der Waals surface area contributed by atoms with Gasteiger partial charge in [-0.15, -0.1) is 0 Å². The van der Waals surface area contributed by atoms with Crippen LogP contribution in [0.2, 0.25) is 0 Å². The molecule has 1 aromatic carbocycles. The van der Waals surface area contributed by atoms with Crippen molar-refractivity contribution in [3.05, 3.63) is 35.4 Å². The molecule has 0 aliphatic heterocycles. The Kier molecular flexibility index (Phi) is 6.60. The molecule has 1 aromatic rings. The van der Waals surface area contributed by atoms with Gasteiger partial charge in [-0.3, -0.25) is 4.79 Å². The first-order valence-electron chi connectivity index (χ1n) is 7.18. The molecule has 0 aromatic heterocycles. The second-order valence-corrected chi connectivity index (χ2v) is 5.53. The lowest BCUT2D eigenvalue weighted by molar-refractivity contribution is -0.144. The minimum Gasteiger partial charge on any atom is -0.467 e. The van der Waals surface area contributed by atoms with Gasteiger partial charge in [-0.05, 0) is 30.0 Å². The number of alkyl halides is 3. The van der Waals surface area contributed by atoms with Crippen molar-refractivity contribution < 1.29 is 27.5 Å². The zero-order chi connectivity index (χ0) is 17.6. The van der Waals surface area contributed by atoms with Gasteiger partial charge in [-0.2, -0.15) is 13.2 Å². The molecule has 0 heterocycles. The van der Waals surface area contributed by atoms with Gasteiger partial charge in [0.05, 0.1) is 7.11 Å². The van der Waals surface area contributed by atoms with Crippen LogP contribution in [0.1, 0.15) is 36.2 Å². The first kappa shape index (κ1) is 19.0. The molecule has 0 bridgehead atoms. The molecule has 0 spiro atoms. The average Bonchev–Trinajstić information content (AvgIpc) is 2.49. The fraction of sp³-hybridized carbons (Fsp3) is 0.500. The minimum absolute atomic E-state index is 0.137. The molecule has 128 valence electrons. The van der Waals surface area contributed by atoms with E-state index in [0.717, 1.165) is 0 Å². The van der Waals surface area contributed by atoms with E-state index in [2.05, 4.69) is 10.1 Å². The number of rotatable bonds is 6. The molecule has 0 saturated carbocycles. The van der Waals surface area contributed by atoms with Gasteiger partial charge >= 0.3 is 12.1 Å². The van der Waals surface area contributed by atoms with Crippen molar-refractivity contribution in [3.63, 3.8) is 0 Å². The van der Waals surface area contributed by atoms with Crippen molar-refractivity contribution in [1.29, 1.82) is 0 Å². The Balaban J connectivity index is 2.71. The van der Waals surface area contributed by atoms with Crippen molar-refractivity contribution in [2.24, 2.45) is 5.92 Å². The van der Waals surface area contributed by atoms with Crippen molar-refractivity contribution in [3.8, 4) is 0 Å². The van der Waals surface area contributed by atoms with Crippen molar-refractivity contribution in [2.45, 2.75) is 38.9 Å². The van der Waals surface area contributed by atoms with Crippen molar-refractivity contribution in [2.75, 3.05) is 7.11 Å². The molecule has 0 fully saturated rings. The van der Waals surface area contributed by atoms with E-state index in [-0.39, 0.29) is 17.9 Å². The number of esters is 1. The number of ether oxygens (including phenoxy) is 1. The van der Waals surface area contributed by atoms with Gasteiger partial charge in [0, 0.05) is 12.0 Å². The molecule has 1 atom stereocenters. The van der Waals surface area contributed by atoms with Crippen LogP contribution in [0.25, 0.3) is 0 Å². The highest BCUT2D eigenvalue weighted by Crippen LogP contribution is 2.22. The number of nitrogens with one attached hydrogen (secondary N) is 1. The third kappa shape index (κ3) is 6.30. The Hall–Kier alpha value is -2.05. The summed E-state index contributed by atoms with van der Waals surface area (Å²) in [5.74, 6) is -1.18. The zero-order valence-electron chi connectivity index (χ0n) is 13.2. The molecule has 23 heavy (non-hydrogen) atoms. The van der Waals surface area contributed by atoms with Crippen LogP contribution in [-0.2, 0) is 16.0 Å². The van der Waals surface area contributed by atoms with E-state index in [0.29, 0.717) is 5.56 Å². The number of halogens is 3. The molecule has 0 aliphatic rings. The molecule has 0 radical (unpaired) electrons. The van der Waals surface area contributed by atoms with Gasteiger partial charge in [-0.25, -0.2) is 4.79 Å². The first-order valence-corrected chi connectivity index (χ1v) is 7.18. The number of aryl methyl sites for hydroxylation is 1. The van der Waals surface area contributed by atoms with Gasteiger partial charge in [0.25, 0.3) is 5.91 Å². The number of hydrogen-bond acceptors (Lipinski definition) is 3. The summed E-state index contributed by atoms with van der Waals surface area (Å²) >= 11 is 0. The van der Waals surface area contributed by atoms with Crippen LogP contribution >= 0.6 is 0 Å². The fourth-order valence-electron chi connectivity index (χ4n) is 1.96. The number of carbonyl (C=O) groups excluding carboxylic acids is 2. The number of benzene rings is 1. The Morgan fingerprint density at radius 3 is 2.17 bits per heavy atom. The molecule has 1 amide bonds. The largest absolute Gasteiger partial charge is 0.467 e. The topological polar surface area (TPSA) is 55.4 Å². The van der Waals surface area contributed by atoms with Crippen LogP contribution in [0.5, 0.6) is 0 Å². The van der Waals surface area contributed by atoms with Gasteiger partial charge in [0.1, 0.15) is 6.04 Å². The number of hydrogen-bond donors (Lipinski definition) is 1. The average molecular weight is 331 g/mol. The Morgan fingerprint density at radius 1 is 1.17 bits per heavy atom. The summed E-state index contributed by atoms with van der Waals surface area (Å²) in [6.07, 6.45) is -5.25. The number of amides is 1. The standard InChI is InChI=1S/C16H20F3NO3/c1-10(2)13(15(22)23-3)20-14(21)12-6-4-11(5-7-12)8-9-16(17,18)19/h4-7,10,13H,8-9H2,1-3H3,(H,20,21)/t13-/m0/s1. The lowest BCUT2D eigenvalue weighted by Crippen LogP contribution is -2.45. The summed E-state index contributed by atoms with van der Waals surface area (Å²) in [7, 11) is 1.24. The highest BCUT2D eigenvalue weighted by molar-refractivity contribution is 5.96. The molecule has 1 rings (SSSR count). The van der Waals surface area contributed by atoms with E-state index < -0.39 is 30.5 Å². The Bertz CT molecular complexity index is 538. The van der Waals surface area contributed by atoms with Gasteiger partial charge < -0.3 is 10.1 Å². The SMILES string of the molecule is COC(=O)[C@@H](NC(=O)c1ccc(CCC(F)(F)F)cc1)C(C)C. The normalized spacial score (nSPS) is 12.8. The van der Waals surface area contributed by atoms with E-state index in [4.69, 9.17) is 0 Å². The van der Waals surface area contributed by atoms with Crippen molar-refractivity contribution >= 4 is 11.9 Å². The van der Waals surface area contributed by atoms with Gasteiger partial charge in [0.15, 0.2) is 0 Å². The van der Waals surface area contributed by atoms with E-state index in [1.54, 1.807) is 13.8 Å². The molecular weight excluding hydrogens is 311 g/mol. The van der Waals surface area contributed by atoms with Gasteiger partial charge in [0.2, 0.25) is 0 Å². The summed E-state index contributed by atoms with van der Waals surface area (Å²) in [5, 5.41) is 2.57. The molecule has 0 saturated heterocycles. The lowest BCUT2D eigenvalue weighted by Gasteiger charge is -2.19. The van der Waals surface area contributed by atoms with E-state index in [1.165, 1.54) is 31.4 Å². The van der Waals surface area contributed by atoms with Crippen LogP contribution in [0, 0.1) is 5.92 Å². The maximum Gasteiger partial charge on any atom is 0.389 e. The molecule has 1 N–H and O–H groups in total. The first-order chi connectivity index (χ1) is 10.6. The maximum absolute atomic E-state index is 12.2. The summed E-state index contributed by atoms with van der Waals surface area (Å²) < 4.78 is 41.1. The lowest BCUT2D eigenvalue weighted by atomic mass is 10.0. The van der Waals surface area contributed by atoms with E-state index in [9.17, 15) is 22.8 Å². The van der Waals surface area contributed by atoms with E-state index >= 15 is 0 Å². The fourth-order valence-corrected chi connectivity index (χ4v) is 1.96. The van der Waals surface area contributed by atoms with Crippen LogP contribution < -0.4 is 5.32 Å². The highest BCUT2D eigenvalue weighted by atomic mass is 19.4. The molecule has 0 unspecified atom stereocenters. The summed E-state index contributed by atoms with van der Waals surface area (Å²) in [4.78, 5) is 23.7. The predicted molar refractivity (Wildman–Crippen MR) is 78.9 cm³/mol. The Morgan fingerprint density at radius 2 is 1.74 bits per heavy atom. The maximum atomic E-state index is 12.2. The minimum atomic E-state index is -4.21. The molecule has 4 nitrogen and oxygen atoms in total. The monoisotopic (exact) mass is 331 g/mol. The highest BCUT2D eigenvalue weighted by Gasteiger charge is 2.27. The predicted octanol–water partition coefficient (Wildman–Crippen LogP) is 3.11. The van der Waals surface area contributed by atoms with Gasteiger partial charge in [-0.1, -0.05) is 26.0 Å². The smallest absolute Gasteiger partial charge is 0.389 e. The number of carbonyl (C=O) groups is 2. The molecular formula is C16H20F3NO3. The third-order valence-electron chi connectivity index (χ3n) is 3.32. The summed E-state index contributed by atoms with van der Waals surface area (Å²) in [6, 6.07) is 5.05. The third-order valence-corrected chi connectivity index (χ3v) is 3.32. The summed E-state index contributed by atoms with van der Waals surface area (Å²) in [6.45, 7) is 3.53. The van der Waals surface area contributed by atoms with Crippen LogP contribution in [0.15, 0.2) is 24.3 Å². The summed E-state index contributed by atoms with van der Waals surface area (Å²) in [5.41, 5.74) is 0.766. The molecule has 7 heteroatoms. The quantitative estimate of drug-likeness (QED) is 0.815. The van der Waals surface area contributed by atoms with E-state index in [1.807, 2.05) is 0 Å².